The van der Waals surface area contributed by atoms with E-state index in [1.807, 2.05) is 16.7 Å². The Bertz CT molecular complexity index is 631. The van der Waals surface area contributed by atoms with Gasteiger partial charge in [0.15, 0.2) is 5.82 Å². The van der Waals surface area contributed by atoms with Crippen LogP contribution in [-0.4, -0.2) is 25.8 Å². The number of nitrogens with zero attached hydrogens (tertiary/aromatic N) is 3. The van der Waals surface area contributed by atoms with Crippen molar-refractivity contribution in [3.8, 4) is 11.4 Å². The number of aliphatic carboxylic acids is 1. The molecule has 0 bridgehead atoms. The van der Waals surface area contributed by atoms with Crippen LogP contribution < -0.4 is 0 Å². The summed E-state index contributed by atoms with van der Waals surface area (Å²) in [5.41, 5.74) is 2.27. The van der Waals surface area contributed by atoms with Gasteiger partial charge in [-0.1, -0.05) is 31.2 Å². The molecular weight excluding hydrogens is 254 g/mol. The average Bonchev–Trinajstić information content (AvgIpc) is 2.90. The highest BCUT2D eigenvalue weighted by Gasteiger charge is 2.27. The fourth-order valence-corrected chi connectivity index (χ4v) is 2.63. The van der Waals surface area contributed by atoms with Crippen molar-refractivity contribution in [1.82, 2.24) is 14.8 Å². The first-order valence-corrected chi connectivity index (χ1v) is 6.93. The van der Waals surface area contributed by atoms with Gasteiger partial charge in [0, 0.05) is 18.5 Å². The average molecular weight is 271 g/mol. The van der Waals surface area contributed by atoms with Crippen molar-refractivity contribution in [2.45, 2.75) is 32.7 Å². The van der Waals surface area contributed by atoms with E-state index < -0.39 is 5.97 Å². The van der Waals surface area contributed by atoms with Gasteiger partial charge in [0.2, 0.25) is 0 Å². The summed E-state index contributed by atoms with van der Waals surface area (Å²) in [5.74, 6) is 0.578. The van der Waals surface area contributed by atoms with Gasteiger partial charge < -0.3 is 9.67 Å². The molecule has 3 rings (SSSR count). The number of benzene rings is 1. The van der Waals surface area contributed by atoms with E-state index in [0.717, 1.165) is 23.6 Å². The van der Waals surface area contributed by atoms with Crippen molar-refractivity contribution >= 4 is 5.97 Å². The van der Waals surface area contributed by atoms with Crippen molar-refractivity contribution < 1.29 is 9.90 Å². The van der Waals surface area contributed by atoms with E-state index in [1.54, 1.807) is 0 Å². The third-order valence-corrected chi connectivity index (χ3v) is 3.92. The lowest BCUT2D eigenvalue weighted by Gasteiger charge is -2.21. The molecule has 0 fully saturated rings. The van der Waals surface area contributed by atoms with E-state index in [0.29, 0.717) is 19.4 Å². The summed E-state index contributed by atoms with van der Waals surface area (Å²) in [5, 5.41) is 17.6. The number of fused-ring (bicyclic) bond motifs is 1. The monoisotopic (exact) mass is 271 g/mol. The maximum absolute atomic E-state index is 11.2. The standard InChI is InChI=1S/C15H17N3O2/c1-2-10-3-5-11(6-4-10)14-17-16-13-8-7-12(15(19)20)9-18(13)14/h3-6,12H,2,7-9H2,1H3,(H,19,20). The summed E-state index contributed by atoms with van der Waals surface area (Å²) in [6.07, 6.45) is 2.32. The molecule has 1 aromatic carbocycles. The minimum atomic E-state index is -0.739. The molecule has 0 radical (unpaired) electrons. The topological polar surface area (TPSA) is 68.0 Å². The molecule has 104 valence electrons. The van der Waals surface area contributed by atoms with E-state index in [-0.39, 0.29) is 5.92 Å². The van der Waals surface area contributed by atoms with Gasteiger partial charge in [-0.3, -0.25) is 4.79 Å². The van der Waals surface area contributed by atoms with E-state index in [1.165, 1.54) is 5.56 Å². The summed E-state index contributed by atoms with van der Waals surface area (Å²) in [6.45, 7) is 2.58. The summed E-state index contributed by atoms with van der Waals surface area (Å²) in [7, 11) is 0. The molecule has 1 atom stereocenters. The second-order valence-electron chi connectivity index (χ2n) is 5.17. The maximum Gasteiger partial charge on any atom is 0.308 e. The molecule has 0 saturated carbocycles. The van der Waals surface area contributed by atoms with Crippen LogP contribution in [-0.2, 0) is 24.2 Å². The van der Waals surface area contributed by atoms with E-state index >= 15 is 0 Å². The predicted octanol–water partition coefficient (Wildman–Crippen LogP) is 2.15. The molecule has 0 saturated heterocycles. The number of hydrogen-bond donors (Lipinski definition) is 1. The second-order valence-corrected chi connectivity index (χ2v) is 5.17. The van der Waals surface area contributed by atoms with Crippen molar-refractivity contribution in [3.05, 3.63) is 35.7 Å². The Morgan fingerprint density at radius 1 is 1.35 bits per heavy atom. The Kier molecular flexibility index (Phi) is 3.26. The van der Waals surface area contributed by atoms with Crippen LogP contribution in [0.5, 0.6) is 0 Å². The maximum atomic E-state index is 11.2. The number of aryl methyl sites for hydroxylation is 2. The fourth-order valence-electron chi connectivity index (χ4n) is 2.63. The lowest BCUT2D eigenvalue weighted by atomic mass is 9.99. The fraction of sp³-hybridized carbons (Fsp3) is 0.400. The quantitative estimate of drug-likeness (QED) is 0.928. The molecular formula is C15H17N3O2. The molecule has 0 aliphatic carbocycles. The predicted molar refractivity (Wildman–Crippen MR) is 74.3 cm³/mol. The number of carboxylic acids is 1. The Labute approximate surface area is 117 Å². The molecule has 0 amide bonds. The van der Waals surface area contributed by atoms with Gasteiger partial charge in [0.25, 0.3) is 0 Å². The zero-order chi connectivity index (χ0) is 14.1. The zero-order valence-corrected chi connectivity index (χ0v) is 11.4. The van der Waals surface area contributed by atoms with E-state index in [4.69, 9.17) is 0 Å². The number of rotatable bonds is 3. The molecule has 2 aromatic rings. The smallest absolute Gasteiger partial charge is 0.308 e. The number of hydrogen-bond acceptors (Lipinski definition) is 3. The van der Waals surface area contributed by atoms with Crippen LogP contribution >= 0.6 is 0 Å². The summed E-state index contributed by atoms with van der Waals surface area (Å²) in [4.78, 5) is 11.2. The number of aromatic nitrogens is 3. The first kappa shape index (κ1) is 12.8. The summed E-state index contributed by atoms with van der Waals surface area (Å²) >= 11 is 0. The van der Waals surface area contributed by atoms with E-state index in [2.05, 4.69) is 29.3 Å². The number of carboxylic acid groups (broad SMARTS) is 1. The van der Waals surface area contributed by atoms with Crippen LogP contribution in [0, 0.1) is 5.92 Å². The highest BCUT2D eigenvalue weighted by molar-refractivity contribution is 5.70. The van der Waals surface area contributed by atoms with Crippen LogP contribution in [0.2, 0.25) is 0 Å². The van der Waals surface area contributed by atoms with Crippen molar-refractivity contribution in [2.24, 2.45) is 5.92 Å². The first-order valence-electron chi connectivity index (χ1n) is 6.93. The Hall–Kier alpha value is -2.17. The van der Waals surface area contributed by atoms with Gasteiger partial charge in [-0.15, -0.1) is 10.2 Å². The third kappa shape index (κ3) is 2.19. The lowest BCUT2D eigenvalue weighted by molar-refractivity contribution is -0.142. The van der Waals surface area contributed by atoms with E-state index in [9.17, 15) is 9.90 Å². The van der Waals surface area contributed by atoms with Crippen LogP contribution in [0.4, 0.5) is 0 Å². The highest BCUT2D eigenvalue weighted by Crippen LogP contribution is 2.26. The largest absolute Gasteiger partial charge is 0.481 e. The molecule has 5 nitrogen and oxygen atoms in total. The van der Waals surface area contributed by atoms with Crippen molar-refractivity contribution in [2.75, 3.05) is 0 Å². The van der Waals surface area contributed by atoms with Crippen molar-refractivity contribution in [1.29, 1.82) is 0 Å². The lowest BCUT2D eigenvalue weighted by Crippen LogP contribution is -2.27. The second kappa shape index (κ2) is 5.07. The van der Waals surface area contributed by atoms with Crippen LogP contribution in [0.25, 0.3) is 11.4 Å². The van der Waals surface area contributed by atoms with Gasteiger partial charge >= 0.3 is 5.97 Å². The molecule has 2 heterocycles. The minimum absolute atomic E-state index is 0.341. The Balaban J connectivity index is 1.95. The molecule has 1 aromatic heterocycles. The molecule has 20 heavy (non-hydrogen) atoms. The van der Waals surface area contributed by atoms with Crippen LogP contribution in [0.15, 0.2) is 24.3 Å². The molecule has 5 heteroatoms. The minimum Gasteiger partial charge on any atom is -0.481 e. The van der Waals surface area contributed by atoms with Gasteiger partial charge in [0.1, 0.15) is 5.82 Å². The van der Waals surface area contributed by atoms with Gasteiger partial charge in [-0.25, -0.2) is 0 Å². The first-order chi connectivity index (χ1) is 9.69. The number of carbonyl (C=O) groups is 1. The van der Waals surface area contributed by atoms with Gasteiger partial charge in [-0.2, -0.15) is 0 Å². The molecule has 0 spiro atoms. The molecule has 1 N–H and O–H groups in total. The zero-order valence-electron chi connectivity index (χ0n) is 11.4. The third-order valence-electron chi connectivity index (χ3n) is 3.92. The summed E-state index contributed by atoms with van der Waals surface area (Å²) in [6, 6.07) is 8.21. The van der Waals surface area contributed by atoms with Gasteiger partial charge in [0.05, 0.1) is 5.92 Å². The van der Waals surface area contributed by atoms with Gasteiger partial charge in [-0.05, 0) is 18.4 Å². The van der Waals surface area contributed by atoms with Crippen LogP contribution in [0.1, 0.15) is 24.7 Å². The Morgan fingerprint density at radius 3 is 2.75 bits per heavy atom. The Morgan fingerprint density at radius 2 is 2.10 bits per heavy atom. The van der Waals surface area contributed by atoms with Crippen molar-refractivity contribution in [3.63, 3.8) is 0 Å². The normalized spacial score (nSPS) is 17.8. The molecule has 1 aliphatic rings. The summed E-state index contributed by atoms with van der Waals surface area (Å²) < 4.78 is 1.95. The molecule has 1 aliphatic heterocycles. The van der Waals surface area contributed by atoms with Crippen LogP contribution in [0.3, 0.4) is 0 Å². The molecule has 1 unspecified atom stereocenters. The highest BCUT2D eigenvalue weighted by atomic mass is 16.4. The SMILES string of the molecule is CCc1ccc(-c2nnc3n2CC(C(=O)O)CC3)cc1.